The van der Waals surface area contributed by atoms with Crippen LogP contribution in [0.1, 0.15) is 6.92 Å². The first-order chi connectivity index (χ1) is 10.9. The van der Waals surface area contributed by atoms with E-state index in [1.54, 1.807) is 20.1 Å². The minimum Gasteiger partial charge on any atom is -0.496 e. The zero-order chi connectivity index (χ0) is 17.5. The van der Waals surface area contributed by atoms with Gasteiger partial charge in [0.15, 0.2) is 0 Å². The number of hydroxylamine groups is 2. The van der Waals surface area contributed by atoms with Crippen molar-refractivity contribution in [2.24, 2.45) is 0 Å². The fourth-order valence-corrected chi connectivity index (χ4v) is 3.07. The van der Waals surface area contributed by atoms with E-state index in [9.17, 15) is 9.59 Å². The predicted octanol–water partition coefficient (Wildman–Crippen LogP) is 1.92. The molecule has 1 aromatic rings. The molecule has 8 heteroatoms. The van der Waals surface area contributed by atoms with Crippen molar-refractivity contribution in [3.8, 4) is 5.75 Å². The van der Waals surface area contributed by atoms with Crippen molar-refractivity contribution >= 4 is 23.8 Å². The van der Waals surface area contributed by atoms with E-state index in [0.717, 1.165) is 9.96 Å². The number of nitrogens with zero attached hydrogens (tertiary/aromatic N) is 1. The molecule has 0 heterocycles. The van der Waals surface area contributed by atoms with Gasteiger partial charge < -0.3 is 14.8 Å². The molecule has 0 fully saturated rings. The number of para-hydroxylation sites is 1. The smallest absolute Gasteiger partial charge is 0.406 e. The molecule has 0 aliphatic carbocycles. The molecule has 0 unspecified atom stereocenters. The van der Waals surface area contributed by atoms with Gasteiger partial charge in [-0.1, -0.05) is 12.1 Å². The largest absolute Gasteiger partial charge is 0.496 e. The Balaban J connectivity index is 3.07. The fraction of sp³-hybridized carbons (Fsp3) is 0.467. The summed E-state index contributed by atoms with van der Waals surface area (Å²) in [5, 5.41) is 3.69. The number of benzene rings is 1. The van der Waals surface area contributed by atoms with Gasteiger partial charge in [-0.05, 0) is 19.1 Å². The maximum atomic E-state index is 12.6. The van der Waals surface area contributed by atoms with Gasteiger partial charge in [-0.15, -0.1) is 11.8 Å². The quantitative estimate of drug-likeness (QED) is 0.603. The number of carbonyl (C=O) groups is 2. The molecule has 23 heavy (non-hydrogen) atoms. The molecule has 1 N–H and O–H groups in total. The average molecular weight is 342 g/mol. The molecule has 0 aliphatic heterocycles. The Bertz CT molecular complexity index is 554. The normalized spacial score (nSPS) is 12.9. The van der Waals surface area contributed by atoms with Gasteiger partial charge in [-0.25, -0.2) is 9.86 Å². The molecule has 0 bridgehead atoms. The Morgan fingerprint density at radius 2 is 1.91 bits per heavy atom. The van der Waals surface area contributed by atoms with Gasteiger partial charge in [0.05, 0.1) is 26.2 Å². The van der Waals surface area contributed by atoms with Crippen LogP contribution in [0.15, 0.2) is 29.2 Å². The van der Waals surface area contributed by atoms with Gasteiger partial charge >= 0.3 is 6.09 Å². The SMILES string of the molecule is COC(=O)NC[C@](C)(Sc1ccccc1OC)C(=O)N(C)OC. The second-order valence-corrected chi connectivity index (χ2v) is 6.36. The van der Waals surface area contributed by atoms with Crippen LogP contribution in [0.4, 0.5) is 4.79 Å². The van der Waals surface area contributed by atoms with E-state index in [1.165, 1.54) is 33.0 Å². The fourth-order valence-electron chi connectivity index (χ4n) is 1.83. The van der Waals surface area contributed by atoms with Gasteiger partial charge in [-0.2, -0.15) is 0 Å². The second kappa shape index (κ2) is 8.64. The van der Waals surface area contributed by atoms with Crippen LogP contribution in [0.2, 0.25) is 0 Å². The maximum absolute atomic E-state index is 12.6. The number of thioether (sulfide) groups is 1. The van der Waals surface area contributed by atoms with E-state index in [2.05, 4.69) is 10.1 Å². The highest BCUT2D eigenvalue weighted by Gasteiger charge is 2.38. The first-order valence-electron chi connectivity index (χ1n) is 6.84. The highest BCUT2D eigenvalue weighted by atomic mass is 32.2. The molecule has 7 nitrogen and oxygen atoms in total. The Labute approximate surface area is 140 Å². The lowest BCUT2D eigenvalue weighted by atomic mass is 10.1. The summed E-state index contributed by atoms with van der Waals surface area (Å²) >= 11 is 1.28. The van der Waals surface area contributed by atoms with Crippen LogP contribution in [-0.4, -0.2) is 56.7 Å². The molecule has 0 aromatic heterocycles. The summed E-state index contributed by atoms with van der Waals surface area (Å²) in [5.74, 6) is 0.349. The zero-order valence-electron chi connectivity index (χ0n) is 13.9. The monoisotopic (exact) mass is 342 g/mol. The van der Waals surface area contributed by atoms with Crippen LogP contribution in [0, 0.1) is 0 Å². The Kier molecular flexibility index (Phi) is 7.18. The predicted molar refractivity (Wildman–Crippen MR) is 87.4 cm³/mol. The molecule has 128 valence electrons. The van der Waals surface area contributed by atoms with Gasteiger partial charge in [0, 0.05) is 13.6 Å². The van der Waals surface area contributed by atoms with E-state index in [-0.39, 0.29) is 12.5 Å². The van der Waals surface area contributed by atoms with Gasteiger partial charge in [-0.3, -0.25) is 9.63 Å². The number of methoxy groups -OCH3 is 2. The van der Waals surface area contributed by atoms with E-state index < -0.39 is 10.8 Å². The third-order valence-electron chi connectivity index (χ3n) is 3.17. The number of amides is 2. The first-order valence-corrected chi connectivity index (χ1v) is 7.65. The summed E-state index contributed by atoms with van der Waals surface area (Å²) in [7, 11) is 5.75. The van der Waals surface area contributed by atoms with Crippen molar-refractivity contribution in [2.75, 3.05) is 34.9 Å². The van der Waals surface area contributed by atoms with E-state index in [0.29, 0.717) is 5.75 Å². The second-order valence-electron chi connectivity index (χ2n) is 4.81. The van der Waals surface area contributed by atoms with E-state index >= 15 is 0 Å². The minimum absolute atomic E-state index is 0.0644. The van der Waals surface area contributed by atoms with Crippen molar-refractivity contribution in [3.05, 3.63) is 24.3 Å². The molecule has 1 rings (SSSR count). The summed E-state index contributed by atoms with van der Waals surface area (Å²) < 4.78 is 8.88. The topological polar surface area (TPSA) is 77.1 Å². The molecule has 0 saturated carbocycles. The van der Waals surface area contributed by atoms with Crippen molar-refractivity contribution in [1.82, 2.24) is 10.4 Å². The number of carbonyl (C=O) groups excluding carboxylic acids is 2. The molecular weight excluding hydrogens is 320 g/mol. The summed E-state index contributed by atoms with van der Waals surface area (Å²) in [6.45, 7) is 1.78. The average Bonchev–Trinajstić information content (AvgIpc) is 2.58. The van der Waals surface area contributed by atoms with Crippen molar-refractivity contribution in [2.45, 2.75) is 16.6 Å². The van der Waals surface area contributed by atoms with Crippen LogP contribution in [0.25, 0.3) is 0 Å². The molecule has 2 amide bonds. The lowest BCUT2D eigenvalue weighted by molar-refractivity contribution is -0.170. The molecule has 0 radical (unpaired) electrons. The summed E-state index contributed by atoms with van der Waals surface area (Å²) in [6, 6.07) is 7.35. The number of hydrogen-bond donors (Lipinski definition) is 1. The molecule has 0 saturated heterocycles. The van der Waals surface area contributed by atoms with Crippen molar-refractivity contribution < 1.29 is 23.9 Å². The van der Waals surface area contributed by atoms with Crippen molar-refractivity contribution in [3.63, 3.8) is 0 Å². The maximum Gasteiger partial charge on any atom is 0.406 e. The van der Waals surface area contributed by atoms with Crippen molar-refractivity contribution in [1.29, 1.82) is 0 Å². The standard InChI is InChI=1S/C15H22N2O5S/c1-15(10-16-14(19)21-4,13(18)17(2)22-5)23-12-9-7-6-8-11(12)20-3/h6-9H,10H2,1-5H3,(H,16,19)/t15-/m0/s1. The molecular formula is C15H22N2O5S. The molecule has 0 aliphatic rings. The molecule has 1 atom stereocenters. The zero-order valence-corrected chi connectivity index (χ0v) is 14.7. The van der Waals surface area contributed by atoms with E-state index in [4.69, 9.17) is 9.57 Å². The number of ether oxygens (including phenoxy) is 2. The van der Waals surface area contributed by atoms with Crippen LogP contribution in [0.3, 0.4) is 0 Å². The Morgan fingerprint density at radius 1 is 1.26 bits per heavy atom. The summed E-state index contributed by atoms with van der Waals surface area (Å²) in [4.78, 5) is 29.8. The Morgan fingerprint density at radius 3 is 2.48 bits per heavy atom. The Hall–Kier alpha value is -1.93. The third kappa shape index (κ3) is 5.04. The minimum atomic E-state index is -1.01. The van der Waals surface area contributed by atoms with Crippen LogP contribution in [-0.2, 0) is 14.4 Å². The third-order valence-corrected chi connectivity index (χ3v) is 4.50. The number of hydrogen-bond acceptors (Lipinski definition) is 6. The van der Waals surface area contributed by atoms with Gasteiger partial charge in [0.25, 0.3) is 5.91 Å². The summed E-state index contributed by atoms with van der Waals surface area (Å²) in [5.41, 5.74) is 0. The number of alkyl carbamates (subject to hydrolysis) is 1. The number of rotatable bonds is 7. The first kappa shape index (κ1) is 19.1. The van der Waals surface area contributed by atoms with Crippen LogP contribution >= 0.6 is 11.8 Å². The van der Waals surface area contributed by atoms with Crippen LogP contribution < -0.4 is 10.1 Å². The lowest BCUT2D eigenvalue weighted by Gasteiger charge is -2.31. The highest BCUT2D eigenvalue weighted by molar-refractivity contribution is 8.01. The summed E-state index contributed by atoms with van der Waals surface area (Å²) in [6.07, 6.45) is -0.607. The van der Waals surface area contributed by atoms with E-state index in [1.807, 2.05) is 18.2 Å². The molecule has 1 aromatic carbocycles. The lowest BCUT2D eigenvalue weighted by Crippen LogP contribution is -2.50. The van der Waals surface area contributed by atoms with Gasteiger partial charge in [0.2, 0.25) is 0 Å². The highest BCUT2D eigenvalue weighted by Crippen LogP contribution is 2.39. The van der Waals surface area contributed by atoms with Gasteiger partial charge in [0.1, 0.15) is 10.5 Å². The number of nitrogens with one attached hydrogen (secondary N) is 1. The van der Waals surface area contributed by atoms with Crippen LogP contribution in [0.5, 0.6) is 5.75 Å². The molecule has 0 spiro atoms.